The summed E-state index contributed by atoms with van der Waals surface area (Å²) in [5, 5.41) is 0. The monoisotopic (exact) mass is 995 g/mol. The maximum absolute atomic E-state index is 12.8. The number of carbonyl (C=O) groups excluding carboxylic acids is 3. The van der Waals surface area contributed by atoms with Crippen LogP contribution in [-0.2, 0) is 28.6 Å². The smallest absolute Gasteiger partial charge is 0.306 e. The fourth-order valence-electron chi connectivity index (χ4n) is 7.59. The Morgan fingerprint density at radius 2 is 0.542 bits per heavy atom. The van der Waals surface area contributed by atoms with E-state index in [9.17, 15) is 14.4 Å². The van der Waals surface area contributed by atoms with Gasteiger partial charge in [-0.25, -0.2) is 0 Å². The third-order valence-corrected chi connectivity index (χ3v) is 11.9. The van der Waals surface area contributed by atoms with Crippen molar-refractivity contribution >= 4 is 17.9 Å². The molecule has 0 heterocycles. The molecule has 0 amide bonds. The average molecular weight is 996 g/mol. The van der Waals surface area contributed by atoms with Gasteiger partial charge in [0.05, 0.1) is 0 Å². The van der Waals surface area contributed by atoms with Crippen LogP contribution in [0.15, 0.2) is 134 Å². The molecule has 0 saturated carbocycles. The molecule has 0 spiro atoms. The van der Waals surface area contributed by atoms with Crippen molar-refractivity contribution < 1.29 is 28.6 Å². The highest BCUT2D eigenvalue weighted by molar-refractivity contribution is 5.71. The van der Waals surface area contributed by atoms with E-state index in [1.54, 1.807) is 0 Å². The number of hydrogen-bond donors (Lipinski definition) is 0. The lowest BCUT2D eigenvalue weighted by Gasteiger charge is -2.18. The first-order valence-electron chi connectivity index (χ1n) is 29.2. The molecular weight excluding hydrogens is 889 g/mol. The van der Waals surface area contributed by atoms with Crippen LogP contribution in [0.25, 0.3) is 0 Å². The number of unbranched alkanes of at least 4 members (excludes halogenated alkanes) is 18. The molecule has 6 nitrogen and oxygen atoms in total. The van der Waals surface area contributed by atoms with Gasteiger partial charge in [-0.05, 0) is 116 Å². The van der Waals surface area contributed by atoms with E-state index in [2.05, 4.69) is 154 Å². The molecule has 0 aliphatic carbocycles. The molecule has 0 saturated heterocycles. The van der Waals surface area contributed by atoms with E-state index < -0.39 is 6.10 Å². The van der Waals surface area contributed by atoms with Gasteiger partial charge in [-0.15, -0.1) is 0 Å². The summed E-state index contributed by atoms with van der Waals surface area (Å²) in [7, 11) is 0. The molecule has 0 rings (SSSR count). The second-order valence-electron chi connectivity index (χ2n) is 18.8. The van der Waals surface area contributed by atoms with Gasteiger partial charge in [0, 0.05) is 19.3 Å². The Hall–Kier alpha value is -4.45. The summed E-state index contributed by atoms with van der Waals surface area (Å²) in [6.07, 6.45) is 83.1. The predicted octanol–water partition coefficient (Wildman–Crippen LogP) is 19.8. The van der Waals surface area contributed by atoms with Crippen LogP contribution >= 0.6 is 0 Å². The Morgan fingerprint density at radius 1 is 0.292 bits per heavy atom. The lowest BCUT2D eigenvalue weighted by molar-refractivity contribution is -0.167. The number of ether oxygens (including phenoxy) is 3. The summed E-state index contributed by atoms with van der Waals surface area (Å²) >= 11 is 0. The maximum atomic E-state index is 12.8. The number of allylic oxidation sites excluding steroid dienone is 22. The molecule has 0 bridgehead atoms. The molecule has 72 heavy (non-hydrogen) atoms. The van der Waals surface area contributed by atoms with Crippen LogP contribution in [0.1, 0.15) is 245 Å². The van der Waals surface area contributed by atoms with Crippen LogP contribution in [0.2, 0.25) is 0 Å². The first kappa shape index (κ1) is 67.5. The van der Waals surface area contributed by atoms with Gasteiger partial charge in [0.15, 0.2) is 6.10 Å². The number of hydrogen-bond acceptors (Lipinski definition) is 6. The molecule has 0 fully saturated rings. The van der Waals surface area contributed by atoms with Crippen molar-refractivity contribution in [1.29, 1.82) is 0 Å². The van der Waals surface area contributed by atoms with E-state index in [-0.39, 0.29) is 37.5 Å². The number of esters is 3. The molecule has 0 aliphatic rings. The zero-order valence-corrected chi connectivity index (χ0v) is 46.4. The van der Waals surface area contributed by atoms with Crippen molar-refractivity contribution in [3.05, 3.63) is 134 Å². The Bertz CT molecular complexity index is 1560. The second kappa shape index (κ2) is 59.1. The van der Waals surface area contributed by atoms with Crippen LogP contribution in [-0.4, -0.2) is 37.2 Å². The molecule has 0 radical (unpaired) electrons. The van der Waals surface area contributed by atoms with Crippen LogP contribution in [0.4, 0.5) is 0 Å². The first-order chi connectivity index (χ1) is 35.5. The van der Waals surface area contributed by atoms with Gasteiger partial charge >= 0.3 is 17.9 Å². The predicted molar refractivity (Wildman–Crippen MR) is 311 cm³/mol. The molecule has 6 heteroatoms. The topological polar surface area (TPSA) is 78.9 Å². The van der Waals surface area contributed by atoms with E-state index in [1.165, 1.54) is 64.2 Å². The molecule has 406 valence electrons. The van der Waals surface area contributed by atoms with Crippen molar-refractivity contribution in [3.63, 3.8) is 0 Å². The van der Waals surface area contributed by atoms with E-state index >= 15 is 0 Å². The summed E-state index contributed by atoms with van der Waals surface area (Å²) in [6, 6.07) is 0. The van der Waals surface area contributed by atoms with Crippen molar-refractivity contribution in [3.8, 4) is 0 Å². The fraction of sp³-hybridized carbons (Fsp3) is 0.621. The van der Waals surface area contributed by atoms with Crippen LogP contribution in [0.3, 0.4) is 0 Å². The SMILES string of the molecule is CC/C=C\C/C=C\C/C=C\C/C=C\C/C=C\C/C=C\CCCCCCCCCCC(=O)OCC(COC(=O)CCCCCCCCCC)OC(=O)CCCCC/C=C\C/C=C\C/C=C\C/C=C\C/C=C\CC. The highest BCUT2D eigenvalue weighted by Gasteiger charge is 2.19. The van der Waals surface area contributed by atoms with Crippen LogP contribution in [0.5, 0.6) is 0 Å². The first-order valence-corrected chi connectivity index (χ1v) is 29.2. The minimum atomic E-state index is -0.801. The van der Waals surface area contributed by atoms with Crippen molar-refractivity contribution in [2.45, 2.75) is 252 Å². The zero-order chi connectivity index (χ0) is 52.2. The Labute approximate surface area is 443 Å². The minimum absolute atomic E-state index is 0.0969. The van der Waals surface area contributed by atoms with Gasteiger partial charge in [-0.1, -0.05) is 244 Å². The van der Waals surface area contributed by atoms with Crippen molar-refractivity contribution in [2.24, 2.45) is 0 Å². The van der Waals surface area contributed by atoms with Crippen molar-refractivity contribution in [2.75, 3.05) is 13.2 Å². The highest BCUT2D eigenvalue weighted by atomic mass is 16.6. The summed E-state index contributed by atoms with van der Waals surface area (Å²) in [5.41, 5.74) is 0. The normalized spacial score (nSPS) is 13.1. The molecule has 0 aliphatic heterocycles. The molecular formula is C66H106O6. The Balaban J connectivity index is 4.31. The van der Waals surface area contributed by atoms with Crippen LogP contribution < -0.4 is 0 Å². The maximum Gasteiger partial charge on any atom is 0.306 e. The van der Waals surface area contributed by atoms with E-state index in [4.69, 9.17) is 14.2 Å². The minimum Gasteiger partial charge on any atom is -0.462 e. The summed E-state index contributed by atoms with van der Waals surface area (Å²) in [4.78, 5) is 38.0. The zero-order valence-electron chi connectivity index (χ0n) is 46.4. The van der Waals surface area contributed by atoms with Gasteiger partial charge in [0.1, 0.15) is 13.2 Å². The van der Waals surface area contributed by atoms with Gasteiger partial charge < -0.3 is 14.2 Å². The molecule has 0 N–H and O–H groups in total. The summed E-state index contributed by atoms with van der Waals surface area (Å²) in [5.74, 6) is -0.946. The Kier molecular flexibility index (Phi) is 55.5. The molecule has 0 aromatic carbocycles. The number of carbonyl (C=O) groups is 3. The van der Waals surface area contributed by atoms with E-state index in [0.717, 1.165) is 141 Å². The van der Waals surface area contributed by atoms with E-state index in [0.29, 0.717) is 12.8 Å². The summed E-state index contributed by atoms with van der Waals surface area (Å²) in [6.45, 7) is 6.34. The highest BCUT2D eigenvalue weighted by Crippen LogP contribution is 2.14. The van der Waals surface area contributed by atoms with Gasteiger partial charge in [0.2, 0.25) is 0 Å². The van der Waals surface area contributed by atoms with E-state index in [1.807, 2.05) is 0 Å². The molecule has 0 aromatic rings. The van der Waals surface area contributed by atoms with Gasteiger partial charge in [-0.3, -0.25) is 14.4 Å². The average Bonchev–Trinajstić information content (AvgIpc) is 3.38. The second-order valence-corrected chi connectivity index (χ2v) is 18.8. The lowest BCUT2D eigenvalue weighted by Crippen LogP contribution is -2.30. The largest absolute Gasteiger partial charge is 0.462 e. The van der Waals surface area contributed by atoms with Gasteiger partial charge in [-0.2, -0.15) is 0 Å². The molecule has 1 atom stereocenters. The van der Waals surface area contributed by atoms with Crippen molar-refractivity contribution in [1.82, 2.24) is 0 Å². The quantitative estimate of drug-likeness (QED) is 0.0261. The standard InChI is InChI=1S/C66H106O6/c1-4-7-10-13-16-19-21-23-25-27-29-30-31-32-33-34-35-36-38-39-41-43-45-47-50-53-56-59-65(68)71-62-63(61-70-64(67)58-55-52-49-18-15-12-9-6-3)72-66(69)60-57-54-51-48-46-44-42-40-37-28-26-24-22-20-17-14-11-8-5-2/h7-8,10-11,16-17,19-20,23-26,29-30,32-33,35-37,40,44,46,63H,4-6,9,12-15,18,21-22,27-28,31,34,38-39,41-43,45,47-62H2,1-3H3/b10-7-,11-8-,19-16-,20-17-,25-23-,26-24-,30-29-,33-32-,36-35-,40-37-,46-44-. The Morgan fingerprint density at radius 3 is 0.861 bits per heavy atom. The number of rotatable bonds is 51. The lowest BCUT2D eigenvalue weighted by atomic mass is 10.1. The van der Waals surface area contributed by atoms with Crippen LogP contribution in [0, 0.1) is 0 Å². The molecule has 1 unspecified atom stereocenters. The third-order valence-electron chi connectivity index (χ3n) is 11.9. The fourth-order valence-corrected chi connectivity index (χ4v) is 7.59. The van der Waals surface area contributed by atoms with Gasteiger partial charge in [0.25, 0.3) is 0 Å². The summed E-state index contributed by atoms with van der Waals surface area (Å²) < 4.78 is 16.8. The molecule has 0 aromatic heterocycles. The third kappa shape index (κ3) is 56.5.